The maximum absolute atomic E-state index is 12.2. The average molecular weight is 434 g/mol. The van der Waals surface area contributed by atoms with Gasteiger partial charge in [0.2, 0.25) is 0 Å². The van der Waals surface area contributed by atoms with Crippen LogP contribution in [0.1, 0.15) is 32.4 Å². The maximum atomic E-state index is 12.2. The molecule has 1 saturated heterocycles. The first-order valence-corrected chi connectivity index (χ1v) is 9.54. The summed E-state index contributed by atoms with van der Waals surface area (Å²) >= 11 is 9.67. The second-order valence-electron chi connectivity index (χ2n) is 7.15. The molecule has 1 aliphatic rings. The van der Waals surface area contributed by atoms with E-state index in [9.17, 15) is 4.79 Å². The number of carbonyl (C=O) groups is 1. The summed E-state index contributed by atoms with van der Waals surface area (Å²) in [5, 5.41) is 0.686. The molecule has 5 nitrogen and oxygen atoms in total. The van der Waals surface area contributed by atoms with Crippen LogP contribution in [0.4, 0.5) is 4.79 Å². The van der Waals surface area contributed by atoms with E-state index in [2.05, 4.69) is 26.9 Å². The number of piperazine rings is 1. The Labute approximate surface area is 163 Å². The first kappa shape index (κ1) is 20.5. The van der Waals surface area contributed by atoms with Crippen molar-refractivity contribution in [2.24, 2.45) is 0 Å². The summed E-state index contributed by atoms with van der Waals surface area (Å²) in [6.07, 6.45) is -0.248. The molecular formula is C18H26BrClN2O3. The smallest absolute Gasteiger partial charge is 0.410 e. The number of methoxy groups -OCH3 is 1. The van der Waals surface area contributed by atoms with Gasteiger partial charge in [0.25, 0.3) is 0 Å². The average Bonchev–Trinajstić information content (AvgIpc) is 2.54. The van der Waals surface area contributed by atoms with Crippen molar-refractivity contribution in [3.8, 4) is 0 Å². The molecule has 2 rings (SSSR count). The van der Waals surface area contributed by atoms with E-state index < -0.39 is 5.60 Å². The molecule has 1 heterocycles. The Bertz CT molecular complexity index is 598. The van der Waals surface area contributed by atoms with Crippen LogP contribution in [0.5, 0.6) is 0 Å². The predicted molar refractivity (Wildman–Crippen MR) is 103 cm³/mol. The Hall–Kier alpha value is -0.820. The van der Waals surface area contributed by atoms with Crippen LogP contribution in [0.15, 0.2) is 22.7 Å². The Kier molecular flexibility index (Phi) is 7.14. The molecule has 0 spiro atoms. The van der Waals surface area contributed by atoms with E-state index in [1.807, 2.05) is 32.9 Å². The van der Waals surface area contributed by atoms with Gasteiger partial charge in [0.1, 0.15) is 5.60 Å². The van der Waals surface area contributed by atoms with E-state index in [1.54, 1.807) is 12.0 Å². The van der Waals surface area contributed by atoms with Crippen LogP contribution in [-0.4, -0.2) is 61.4 Å². The molecule has 0 N–H and O–H groups in total. The largest absolute Gasteiger partial charge is 0.444 e. The zero-order chi connectivity index (χ0) is 18.6. The number of hydrogen-bond donors (Lipinski definition) is 0. The lowest BCUT2D eigenvalue weighted by Gasteiger charge is -2.39. The highest BCUT2D eigenvalue weighted by Crippen LogP contribution is 2.29. The molecule has 0 radical (unpaired) electrons. The summed E-state index contributed by atoms with van der Waals surface area (Å²) in [5.41, 5.74) is 0.641. The Morgan fingerprint density at radius 3 is 2.44 bits per heavy atom. The lowest BCUT2D eigenvalue weighted by atomic mass is 10.1. The van der Waals surface area contributed by atoms with E-state index in [-0.39, 0.29) is 12.1 Å². The molecular weight excluding hydrogens is 408 g/mol. The van der Waals surface area contributed by atoms with E-state index in [0.29, 0.717) is 24.7 Å². The lowest BCUT2D eigenvalue weighted by molar-refractivity contribution is 0.00413. The summed E-state index contributed by atoms with van der Waals surface area (Å²) in [5.74, 6) is 0. The highest BCUT2D eigenvalue weighted by molar-refractivity contribution is 9.10. The van der Waals surface area contributed by atoms with Crippen molar-refractivity contribution in [2.45, 2.75) is 32.4 Å². The summed E-state index contributed by atoms with van der Waals surface area (Å²) < 4.78 is 11.8. The summed E-state index contributed by atoms with van der Waals surface area (Å²) in [7, 11) is 1.70. The molecule has 0 aromatic heterocycles. The minimum Gasteiger partial charge on any atom is -0.444 e. The first-order chi connectivity index (χ1) is 11.7. The van der Waals surface area contributed by atoms with Gasteiger partial charge < -0.3 is 14.4 Å². The van der Waals surface area contributed by atoms with Crippen molar-refractivity contribution >= 4 is 33.6 Å². The van der Waals surface area contributed by atoms with Gasteiger partial charge >= 0.3 is 6.09 Å². The molecule has 1 fully saturated rings. The second-order valence-corrected chi connectivity index (χ2v) is 8.41. The molecule has 0 bridgehead atoms. The molecule has 1 aliphatic heterocycles. The Morgan fingerprint density at radius 2 is 1.92 bits per heavy atom. The third-order valence-corrected chi connectivity index (χ3v) is 5.29. The number of hydrogen-bond acceptors (Lipinski definition) is 4. The van der Waals surface area contributed by atoms with Crippen LogP contribution in [0, 0.1) is 0 Å². The fourth-order valence-corrected chi connectivity index (χ4v) is 3.27. The molecule has 25 heavy (non-hydrogen) atoms. The predicted octanol–water partition coefficient (Wildman–Crippen LogP) is 4.34. The number of ether oxygens (including phenoxy) is 2. The molecule has 1 atom stereocenters. The molecule has 1 aromatic rings. The zero-order valence-corrected chi connectivity index (χ0v) is 17.6. The van der Waals surface area contributed by atoms with E-state index in [4.69, 9.17) is 21.1 Å². The van der Waals surface area contributed by atoms with Gasteiger partial charge in [0.05, 0.1) is 17.7 Å². The first-order valence-electron chi connectivity index (χ1n) is 8.37. The van der Waals surface area contributed by atoms with Crippen molar-refractivity contribution in [3.63, 3.8) is 0 Å². The third kappa shape index (κ3) is 5.84. The lowest BCUT2D eigenvalue weighted by Crippen LogP contribution is -2.51. The zero-order valence-electron chi connectivity index (χ0n) is 15.2. The number of nitrogens with zero attached hydrogens (tertiary/aromatic N) is 2. The molecule has 1 unspecified atom stereocenters. The van der Waals surface area contributed by atoms with Crippen molar-refractivity contribution in [1.29, 1.82) is 0 Å². The minimum absolute atomic E-state index is 0.108. The van der Waals surface area contributed by atoms with Crippen LogP contribution in [0.2, 0.25) is 5.02 Å². The second kappa shape index (κ2) is 8.71. The number of amides is 1. The van der Waals surface area contributed by atoms with Gasteiger partial charge in [-0.2, -0.15) is 0 Å². The Balaban J connectivity index is 2.02. The molecule has 0 saturated carbocycles. The summed E-state index contributed by atoms with van der Waals surface area (Å²) in [4.78, 5) is 16.3. The van der Waals surface area contributed by atoms with Crippen LogP contribution in [0.25, 0.3) is 0 Å². The molecule has 0 aliphatic carbocycles. The molecule has 140 valence electrons. The topological polar surface area (TPSA) is 42.0 Å². The fraction of sp³-hybridized carbons (Fsp3) is 0.611. The van der Waals surface area contributed by atoms with Gasteiger partial charge in [-0.05, 0) is 54.4 Å². The normalized spacial score (nSPS) is 17.4. The van der Waals surface area contributed by atoms with Crippen LogP contribution in [-0.2, 0) is 9.47 Å². The maximum Gasteiger partial charge on any atom is 0.410 e. The SMILES string of the molecule is COCC(c1ccc(Br)c(Cl)c1)N1CCN(C(=O)OC(C)(C)C)CC1. The number of halogens is 2. The Morgan fingerprint density at radius 1 is 1.28 bits per heavy atom. The van der Waals surface area contributed by atoms with Crippen molar-refractivity contribution in [1.82, 2.24) is 9.80 Å². The van der Waals surface area contributed by atoms with Gasteiger partial charge in [0, 0.05) is 37.8 Å². The van der Waals surface area contributed by atoms with Gasteiger partial charge in [-0.1, -0.05) is 17.7 Å². The summed E-state index contributed by atoms with van der Waals surface area (Å²) in [6, 6.07) is 6.09. The van der Waals surface area contributed by atoms with E-state index >= 15 is 0 Å². The van der Waals surface area contributed by atoms with Crippen molar-refractivity contribution in [3.05, 3.63) is 33.3 Å². The highest BCUT2D eigenvalue weighted by Gasteiger charge is 2.29. The van der Waals surface area contributed by atoms with Gasteiger partial charge in [-0.15, -0.1) is 0 Å². The number of carbonyl (C=O) groups excluding carboxylic acids is 1. The standard InChI is InChI=1S/C18H26BrClN2O3/c1-18(2,3)25-17(23)22-9-7-21(8-10-22)16(12-24-4)13-5-6-14(19)15(20)11-13/h5-6,11,16H,7-10,12H2,1-4H3. The van der Waals surface area contributed by atoms with Crippen LogP contribution < -0.4 is 0 Å². The van der Waals surface area contributed by atoms with E-state index in [0.717, 1.165) is 23.1 Å². The van der Waals surface area contributed by atoms with Crippen LogP contribution in [0.3, 0.4) is 0 Å². The van der Waals surface area contributed by atoms with Crippen molar-refractivity contribution < 1.29 is 14.3 Å². The monoisotopic (exact) mass is 432 g/mol. The van der Waals surface area contributed by atoms with Gasteiger partial charge in [0.15, 0.2) is 0 Å². The van der Waals surface area contributed by atoms with Gasteiger partial charge in [-0.3, -0.25) is 4.90 Å². The number of rotatable bonds is 4. The van der Waals surface area contributed by atoms with Gasteiger partial charge in [-0.25, -0.2) is 4.79 Å². The quantitative estimate of drug-likeness (QED) is 0.708. The fourth-order valence-electron chi connectivity index (χ4n) is 2.83. The molecule has 1 amide bonds. The van der Waals surface area contributed by atoms with Crippen LogP contribution >= 0.6 is 27.5 Å². The minimum atomic E-state index is -0.471. The molecule has 7 heteroatoms. The summed E-state index contributed by atoms with van der Waals surface area (Å²) in [6.45, 7) is 9.03. The van der Waals surface area contributed by atoms with Crippen molar-refractivity contribution in [2.75, 3.05) is 39.9 Å². The highest BCUT2D eigenvalue weighted by atomic mass is 79.9. The number of benzene rings is 1. The third-order valence-electron chi connectivity index (χ3n) is 4.06. The van der Waals surface area contributed by atoms with E-state index in [1.165, 1.54) is 0 Å². The molecule has 1 aromatic carbocycles.